The highest BCUT2D eigenvalue weighted by Crippen LogP contribution is 2.33. The van der Waals surface area contributed by atoms with Gasteiger partial charge in [-0.1, -0.05) is 5.21 Å². The van der Waals surface area contributed by atoms with Crippen LogP contribution in [0.2, 0.25) is 0 Å². The van der Waals surface area contributed by atoms with Gasteiger partial charge in [-0.05, 0) is 26.3 Å². The van der Waals surface area contributed by atoms with E-state index in [1.54, 1.807) is 35.4 Å². The van der Waals surface area contributed by atoms with E-state index < -0.39 is 37.9 Å². The third-order valence-corrected chi connectivity index (χ3v) is 8.88. The largest absolute Gasteiger partial charge is 0.382 e. The molecule has 216 valence electrons. The summed E-state index contributed by atoms with van der Waals surface area (Å²) in [6, 6.07) is 5.09. The average Bonchev–Trinajstić information content (AvgIpc) is 3.54. The molecule has 5 rings (SSSR count). The van der Waals surface area contributed by atoms with Crippen LogP contribution >= 0.6 is 0 Å². The van der Waals surface area contributed by atoms with Gasteiger partial charge in [0.05, 0.1) is 36.0 Å². The van der Waals surface area contributed by atoms with Crippen molar-refractivity contribution < 1.29 is 21.4 Å². The van der Waals surface area contributed by atoms with Gasteiger partial charge in [0, 0.05) is 60.1 Å². The van der Waals surface area contributed by atoms with Gasteiger partial charge in [-0.15, -0.1) is 5.10 Å². The highest BCUT2D eigenvalue weighted by molar-refractivity contribution is 7.88. The molecular weight excluding hydrogens is 572 g/mol. The molecule has 5 heterocycles. The summed E-state index contributed by atoms with van der Waals surface area (Å²) in [6.07, 6.45) is 7.71. The quantitative estimate of drug-likeness (QED) is 0.276. The lowest BCUT2D eigenvalue weighted by molar-refractivity contribution is 0.188. The van der Waals surface area contributed by atoms with Crippen molar-refractivity contribution in [3.63, 3.8) is 0 Å². The Bertz CT molecular complexity index is 1860. The van der Waals surface area contributed by atoms with Crippen LogP contribution in [0.1, 0.15) is 31.9 Å². The maximum atomic E-state index is 12.1. The topological polar surface area (TPSA) is 202 Å². The van der Waals surface area contributed by atoms with E-state index in [2.05, 4.69) is 36.8 Å². The standard InChI is InChI=1S/C24H28N10O5S2/c1-15(2)29-20-7-23(34-24-17(10-28-34)6-16(8-25)9-27-24)26-11-19(20)21-13-33(31-30-21)22-4-5-32(40(3,35)36)12-18(22)14-41(37,38)39/h6-7,9-11,13,15,18,22H,4-5,12,14H2,1-3H3,(H,26,29)(H,37,38,39)/t18-,22-/m0/s1. The summed E-state index contributed by atoms with van der Waals surface area (Å²) in [4.78, 5) is 8.93. The van der Waals surface area contributed by atoms with E-state index in [0.717, 1.165) is 6.26 Å². The molecule has 4 aromatic rings. The van der Waals surface area contributed by atoms with Crippen molar-refractivity contribution in [3.05, 3.63) is 42.5 Å². The molecule has 0 aliphatic carbocycles. The number of pyridine rings is 2. The summed E-state index contributed by atoms with van der Waals surface area (Å²) in [7, 11) is -7.92. The van der Waals surface area contributed by atoms with Gasteiger partial charge < -0.3 is 5.32 Å². The molecule has 0 unspecified atom stereocenters. The molecule has 1 aliphatic heterocycles. The third-order valence-electron chi connectivity index (χ3n) is 6.76. The summed E-state index contributed by atoms with van der Waals surface area (Å²) < 4.78 is 61.6. The Morgan fingerprint density at radius 2 is 1.95 bits per heavy atom. The fourth-order valence-electron chi connectivity index (χ4n) is 4.98. The van der Waals surface area contributed by atoms with Gasteiger partial charge in [-0.2, -0.15) is 23.5 Å². The maximum Gasteiger partial charge on any atom is 0.265 e. The average molecular weight is 601 g/mol. The van der Waals surface area contributed by atoms with E-state index in [0.29, 0.717) is 39.4 Å². The van der Waals surface area contributed by atoms with Gasteiger partial charge in [0.1, 0.15) is 11.8 Å². The molecule has 0 radical (unpaired) electrons. The number of aromatic nitrogens is 7. The summed E-state index contributed by atoms with van der Waals surface area (Å²) in [6.45, 7) is 4.06. The monoisotopic (exact) mass is 600 g/mol. The predicted molar refractivity (Wildman–Crippen MR) is 149 cm³/mol. The molecule has 2 N–H and O–H groups in total. The molecular formula is C24H28N10O5S2. The Labute approximate surface area is 236 Å². The van der Waals surface area contributed by atoms with Crippen LogP contribution in [0.25, 0.3) is 28.1 Å². The number of rotatable bonds is 8. The zero-order valence-corrected chi connectivity index (χ0v) is 24.1. The molecule has 15 nitrogen and oxygen atoms in total. The van der Waals surface area contributed by atoms with Crippen molar-refractivity contribution in [3.8, 4) is 23.1 Å². The van der Waals surface area contributed by atoms with Gasteiger partial charge in [-0.25, -0.2) is 27.4 Å². The number of fused-ring (bicyclic) bond motifs is 1. The minimum atomic E-state index is -4.38. The number of anilines is 1. The molecule has 0 bridgehead atoms. The molecule has 0 aromatic carbocycles. The van der Waals surface area contributed by atoms with Crippen molar-refractivity contribution in [2.24, 2.45) is 5.92 Å². The van der Waals surface area contributed by atoms with Crippen LogP contribution in [-0.4, -0.2) is 91.6 Å². The molecule has 0 amide bonds. The fraction of sp³-hybridized carbons (Fsp3) is 0.417. The first-order valence-electron chi connectivity index (χ1n) is 12.7. The highest BCUT2D eigenvalue weighted by Gasteiger charge is 2.37. The van der Waals surface area contributed by atoms with Crippen LogP contribution in [0.5, 0.6) is 0 Å². The van der Waals surface area contributed by atoms with E-state index in [9.17, 15) is 21.4 Å². The number of piperidine rings is 1. The lowest BCUT2D eigenvalue weighted by Gasteiger charge is -2.36. The first kappa shape index (κ1) is 28.5. The van der Waals surface area contributed by atoms with E-state index in [4.69, 9.17) is 5.26 Å². The number of nitrogens with one attached hydrogen (secondary N) is 1. The minimum Gasteiger partial charge on any atom is -0.382 e. The van der Waals surface area contributed by atoms with Gasteiger partial charge in [0.25, 0.3) is 10.1 Å². The zero-order chi connectivity index (χ0) is 29.5. The Hall–Kier alpha value is -3.98. The molecule has 4 aromatic heterocycles. The molecule has 0 saturated carbocycles. The number of sulfonamides is 1. The van der Waals surface area contributed by atoms with Crippen LogP contribution in [0, 0.1) is 17.2 Å². The van der Waals surface area contributed by atoms with Crippen molar-refractivity contribution in [1.29, 1.82) is 5.26 Å². The number of hydrogen-bond donors (Lipinski definition) is 2. The molecule has 41 heavy (non-hydrogen) atoms. The lowest BCUT2D eigenvalue weighted by Crippen LogP contribution is -2.46. The molecule has 1 saturated heterocycles. The molecule has 2 atom stereocenters. The minimum absolute atomic E-state index is 0.0455. The molecule has 17 heteroatoms. The molecule has 1 fully saturated rings. The number of nitrogens with zero attached hydrogens (tertiary/aromatic N) is 9. The molecule has 0 spiro atoms. The predicted octanol–water partition coefficient (Wildman–Crippen LogP) is 1.48. The van der Waals surface area contributed by atoms with Crippen LogP contribution in [0.15, 0.2) is 36.9 Å². The van der Waals surface area contributed by atoms with Crippen LogP contribution in [-0.2, 0) is 20.1 Å². The maximum absolute atomic E-state index is 12.1. The van der Waals surface area contributed by atoms with Crippen LogP contribution in [0.3, 0.4) is 0 Å². The van der Waals surface area contributed by atoms with Crippen molar-refractivity contribution >= 4 is 36.9 Å². The van der Waals surface area contributed by atoms with Gasteiger partial charge in [-0.3, -0.25) is 4.55 Å². The Kier molecular flexibility index (Phi) is 7.50. The smallest absolute Gasteiger partial charge is 0.265 e. The Morgan fingerprint density at radius 3 is 2.63 bits per heavy atom. The van der Waals surface area contributed by atoms with Crippen LogP contribution in [0.4, 0.5) is 5.69 Å². The normalized spacial score (nSPS) is 18.5. The van der Waals surface area contributed by atoms with E-state index in [1.807, 2.05) is 13.8 Å². The first-order chi connectivity index (χ1) is 19.3. The zero-order valence-electron chi connectivity index (χ0n) is 22.4. The van der Waals surface area contributed by atoms with E-state index in [1.165, 1.54) is 15.2 Å². The van der Waals surface area contributed by atoms with Gasteiger partial charge in [0.15, 0.2) is 11.5 Å². The summed E-state index contributed by atoms with van der Waals surface area (Å²) >= 11 is 0. The SMILES string of the molecule is CC(C)Nc1cc(-n2ncc3cc(C#N)cnc32)ncc1-c1cn([C@H]2CCN(S(C)(=O)=O)C[C@H]2CS(=O)(=O)O)nn1. The van der Waals surface area contributed by atoms with Crippen LogP contribution < -0.4 is 5.32 Å². The summed E-state index contributed by atoms with van der Waals surface area (Å²) in [5.74, 6) is -0.867. The summed E-state index contributed by atoms with van der Waals surface area (Å²) in [5, 5.41) is 26.2. The second-order valence-electron chi connectivity index (χ2n) is 10.3. The van der Waals surface area contributed by atoms with Crippen molar-refractivity contribution in [1.82, 2.24) is 39.0 Å². The number of nitriles is 1. The highest BCUT2D eigenvalue weighted by atomic mass is 32.2. The third kappa shape index (κ3) is 6.20. The Balaban J connectivity index is 1.49. The van der Waals surface area contributed by atoms with E-state index >= 15 is 0 Å². The van der Waals surface area contributed by atoms with Crippen molar-refractivity contribution in [2.45, 2.75) is 32.4 Å². The second-order valence-corrected chi connectivity index (χ2v) is 13.7. The lowest BCUT2D eigenvalue weighted by atomic mass is 9.95. The van der Waals surface area contributed by atoms with Crippen molar-refractivity contribution in [2.75, 3.05) is 30.4 Å². The van der Waals surface area contributed by atoms with Gasteiger partial charge in [0.2, 0.25) is 10.0 Å². The number of hydrogen-bond acceptors (Lipinski definition) is 11. The Morgan fingerprint density at radius 1 is 1.17 bits per heavy atom. The first-order valence-corrected chi connectivity index (χ1v) is 16.1. The van der Waals surface area contributed by atoms with Gasteiger partial charge >= 0.3 is 0 Å². The molecule has 1 aliphatic rings. The summed E-state index contributed by atoms with van der Waals surface area (Å²) in [5.41, 5.74) is 2.74. The fourth-order valence-corrected chi connectivity index (χ4v) is 6.75. The second kappa shape index (κ2) is 10.8. The van der Waals surface area contributed by atoms with E-state index in [-0.39, 0.29) is 25.6 Å².